The highest BCUT2D eigenvalue weighted by Crippen LogP contribution is 2.23. The first kappa shape index (κ1) is 23.5. The van der Waals surface area contributed by atoms with Crippen LogP contribution in [0.1, 0.15) is 11.7 Å². The van der Waals surface area contributed by atoms with Crippen LogP contribution < -0.4 is 9.62 Å². The zero-order chi connectivity index (χ0) is 24.3. The van der Waals surface area contributed by atoms with Crippen molar-refractivity contribution < 1.29 is 27.1 Å². The van der Waals surface area contributed by atoms with E-state index in [1.807, 2.05) is 4.90 Å². The van der Waals surface area contributed by atoms with Gasteiger partial charge in [-0.15, -0.1) is 0 Å². The van der Waals surface area contributed by atoms with Gasteiger partial charge in [0.1, 0.15) is 12.1 Å². The molecule has 3 aromatic rings. The fraction of sp³-hybridized carbons (Fsp3) is 0.227. The van der Waals surface area contributed by atoms with Gasteiger partial charge in [-0.25, -0.2) is 27.2 Å². The molecule has 1 atom stereocenters. The molecule has 0 radical (unpaired) electrons. The third kappa shape index (κ3) is 5.13. The van der Waals surface area contributed by atoms with Crippen molar-refractivity contribution in [1.29, 1.82) is 0 Å². The highest BCUT2D eigenvalue weighted by molar-refractivity contribution is 7.92. The lowest BCUT2D eigenvalue weighted by Crippen LogP contribution is -2.50. The Balaban J connectivity index is 1.36. The number of carbonyl (C=O) groups excluding carboxylic acids is 1. The summed E-state index contributed by atoms with van der Waals surface area (Å²) in [5.41, 5.74) is 0.757. The fourth-order valence-corrected chi connectivity index (χ4v) is 4.58. The van der Waals surface area contributed by atoms with Crippen molar-refractivity contribution >= 4 is 27.4 Å². The van der Waals surface area contributed by atoms with Crippen molar-refractivity contribution in [2.24, 2.45) is 0 Å². The average molecular weight is 490 g/mol. The third-order valence-electron chi connectivity index (χ3n) is 5.42. The Morgan fingerprint density at radius 1 is 1.00 bits per heavy atom. The van der Waals surface area contributed by atoms with Crippen LogP contribution in [0.25, 0.3) is 0 Å². The summed E-state index contributed by atoms with van der Waals surface area (Å²) in [6.07, 6.45) is 1.07. The van der Waals surface area contributed by atoms with Gasteiger partial charge in [0.2, 0.25) is 0 Å². The zero-order valence-electron chi connectivity index (χ0n) is 17.8. The number of anilines is 2. The number of hydrogen-bond acceptors (Lipinski definition) is 7. The Hall–Kier alpha value is -3.64. The molecule has 2 N–H and O–H groups in total. The van der Waals surface area contributed by atoms with Crippen molar-refractivity contribution in [2.75, 3.05) is 35.8 Å². The normalized spacial score (nSPS) is 15.1. The van der Waals surface area contributed by atoms with Crippen LogP contribution in [0, 0.1) is 11.6 Å². The fourth-order valence-electron chi connectivity index (χ4n) is 3.57. The summed E-state index contributed by atoms with van der Waals surface area (Å²) in [4.78, 5) is 23.7. The quantitative estimate of drug-likeness (QED) is 0.544. The van der Waals surface area contributed by atoms with Crippen molar-refractivity contribution in [3.63, 3.8) is 0 Å². The Bertz CT molecular complexity index is 1270. The Labute approximate surface area is 194 Å². The number of aliphatic hydroxyl groups is 1. The lowest BCUT2D eigenvalue weighted by molar-refractivity contribution is -0.140. The highest BCUT2D eigenvalue weighted by atomic mass is 32.2. The lowest BCUT2D eigenvalue weighted by Gasteiger charge is -2.37. The minimum absolute atomic E-state index is 0.0151. The van der Waals surface area contributed by atoms with E-state index in [-0.39, 0.29) is 16.3 Å². The van der Waals surface area contributed by atoms with E-state index in [4.69, 9.17) is 0 Å². The SMILES string of the molecule is O=C(C(O)c1ccc(F)c(F)c1)N1CCN(c2ccc(S(=O)(=O)Nc3ccncn3)cc2)CC1. The van der Waals surface area contributed by atoms with E-state index in [2.05, 4.69) is 14.7 Å². The Morgan fingerprint density at radius 3 is 2.32 bits per heavy atom. The minimum Gasteiger partial charge on any atom is -0.378 e. The maximum absolute atomic E-state index is 13.4. The molecule has 4 rings (SSSR count). The minimum atomic E-state index is -3.81. The number of halogens is 2. The molecule has 178 valence electrons. The van der Waals surface area contributed by atoms with Crippen molar-refractivity contribution in [2.45, 2.75) is 11.0 Å². The molecule has 34 heavy (non-hydrogen) atoms. The molecule has 1 aliphatic rings. The van der Waals surface area contributed by atoms with Crippen LogP contribution in [0.3, 0.4) is 0 Å². The van der Waals surface area contributed by atoms with E-state index in [1.165, 1.54) is 41.7 Å². The summed E-state index contributed by atoms with van der Waals surface area (Å²) in [7, 11) is -3.81. The maximum atomic E-state index is 13.4. The first-order valence-corrected chi connectivity index (χ1v) is 11.8. The molecule has 1 amide bonds. The van der Waals surface area contributed by atoms with Crippen LogP contribution in [0.15, 0.2) is 66.0 Å². The molecule has 9 nitrogen and oxygen atoms in total. The van der Waals surface area contributed by atoms with Gasteiger partial charge in [-0.2, -0.15) is 0 Å². The molecule has 0 saturated carbocycles. The molecule has 0 aliphatic carbocycles. The molecule has 1 saturated heterocycles. The van der Waals surface area contributed by atoms with E-state index in [0.29, 0.717) is 26.2 Å². The van der Waals surface area contributed by atoms with Gasteiger partial charge in [-0.3, -0.25) is 9.52 Å². The third-order valence-corrected chi connectivity index (χ3v) is 6.79. The number of amides is 1. The molecule has 2 aromatic carbocycles. The highest BCUT2D eigenvalue weighted by Gasteiger charge is 2.28. The number of aromatic nitrogens is 2. The van der Waals surface area contributed by atoms with Crippen LogP contribution in [-0.4, -0.2) is 60.5 Å². The second kappa shape index (κ2) is 9.69. The van der Waals surface area contributed by atoms with Crippen LogP contribution >= 0.6 is 0 Å². The molecule has 1 unspecified atom stereocenters. The first-order valence-electron chi connectivity index (χ1n) is 10.3. The van der Waals surface area contributed by atoms with Gasteiger partial charge in [-0.05, 0) is 48.0 Å². The van der Waals surface area contributed by atoms with E-state index in [0.717, 1.165) is 17.8 Å². The molecule has 1 aromatic heterocycles. The van der Waals surface area contributed by atoms with Crippen molar-refractivity contribution in [1.82, 2.24) is 14.9 Å². The molecular weight excluding hydrogens is 468 g/mol. The summed E-state index contributed by atoms with van der Waals surface area (Å²) in [6, 6.07) is 10.6. The smallest absolute Gasteiger partial charge is 0.263 e. The van der Waals surface area contributed by atoms with E-state index >= 15 is 0 Å². The Kier molecular flexibility index (Phi) is 6.70. The number of hydrogen-bond donors (Lipinski definition) is 2. The molecule has 0 spiro atoms. The number of carbonyl (C=O) groups is 1. The number of nitrogens with one attached hydrogen (secondary N) is 1. The predicted octanol–water partition coefficient (Wildman–Crippen LogP) is 1.94. The predicted molar refractivity (Wildman–Crippen MR) is 119 cm³/mol. The van der Waals surface area contributed by atoms with Crippen LogP contribution in [0.4, 0.5) is 20.3 Å². The van der Waals surface area contributed by atoms with Gasteiger partial charge in [0.15, 0.2) is 17.7 Å². The molecule has 1 fully saturated rings. The maximum Gasteiger partial charge on any atom is 0.263 e. The van der Waals surface area contributed by atoms with Crippen LogP contribution in [0.2, 0.25) is 0 Å². The largest absolute Gasteiger partial charge is 0.378 e. The zero-order valence-corrected chi connectivity index (χ0v) is 18.6. The topological polar surface area (TPSA) is 116 Å². The van der Waals surface area contributed by atoms with Gasteiger partial charge in [0.25, 0.3) is 15.9 Å². The van der Waals surface area contributed by atoms with E-state index in [9.17, 15) is 27.1 Å². The van der Waals surface area contributed by atoms with Crippen molar-refractivity contribution in [3.05, 3.63) is 78.3 Å². The number of sulfonamides is 1. The van der Waals surface area contributed by atoms with Crippen LogP contribution in [-0.2, 0) is 14.8 Å². The summed E-state index contributed by atoms with van der Waals surface area (Å²) >= 11 is 0. The van der Waals surface area contributed by atoms with Gasteiger partial charge >= 0.3 is 0 Å². The standard InChI is InChI=1S/C22H21F2N5O4S/c23-18-6-1-15(13-19(18)24)21(30)22(31)29-11-9-28(10-12-29)16-2-4-17(5-3-16)34(32,33)27-20-7-8-25-14-26-20/h1-8,13-14,21,30H,9-12H2,(H,25,26,27). The summed E-state index contributed by atoms with van der Waals surface area (Å²) < 4.78 is 54.0. The van der Waals surface area contributed by atoms with Gasteiger partial charge in [-0.1, -0.05) is 6.07 Å². The number of benzene rings is 2. The van der Waals surface area contributed by atoms with Gasteiger partial charge in [0.05, 0.1) is 4.90 Å². The summed E-state index contributed by atoms with van der Waals surface area (Å²) in [5, 5.41) is 10.3. The van der Waals surface area contributed by atoms with E-state index in [1.54, 1.807) is 12.1 Å². The summed E-state index contributed by atoms with van der Waals surface area (Å²) in [5.74, 6) is -2.62. The molecule has 2 heterocycles. The average Bonchev–Trinajstić information content (AvgIpc) is 2.85. The second-order valence-corrected chi connectivity index (χ2v) is 9.26. The van der Waals surface area contributed by atoms with Gasteiger partial charge < -0.3 is 14.9 Å². The van der Waals surface area contributed by atoms with Gasteiger partial charge in [0, 0.05) is 38.1 Å². The summed E-state index contributed by atoms with van der Waals surface area (Å²) in [6.45, 7) is 1.49. The Morgan fingerprint density at radius 2 is 1.71 bits per heavy atom. The number of nitrogens with zero attached hydrogens (tertiary/aromatic N) is 4. The van der Waals surface area contributed by atoms with E-state index < -0.39 is 33.7 Å². The first-order chi connectivity index (χ1) is 16.2. The number of piperazine rings is 1. The van der Waals surface area contributed by atoms with Crippen LogP contribution in [0.5, 0.6) is 0 Å². The second-order valence-electron chi connectivity index (χ2n) is 7.58. The molecule has 12 heteroatoms. The van der Waals surface area contributed by atoms with Crippen molar-refractivity contribution in [3.8, 4) is 0 Å². The molecule has 1 aliphatic heterocycles. The molecule has 0 bridgehead atoms. The monoisotopic (exact) mass is 489 g/mol. The number of aliphatic hydroxyl groups excluding tert-OH is 1. The lowest BCUT2D eigenvalue weighted by atomic mass is 10.1. The number of rotatable bonds is 6. The molecular formula is C22H21F2N5O4S.